The average Bonchev–Trinajstić information content (AvgIpc) is 3.30. The summed E-state index contributed by atoms with van der Waals surface area (Å²) >= 11 is 0. The van der Waals surface area contributed by atoms with Gasteiger partial charge in [0.2, 0.25) is 0 Å². The topological polar surface area (TPSA) is 62.6 Å². The Hall–Kier alpha value is -1.60. The van der Waals surface area contributed by atoms with Gasteiger partial charge in [-0.25, -0.2) is 4.79 Å². The molecule has 2 aliphatic heterocycles. The molecule has 7 nitrogen and oxygen atoms in total. The van der Waals surface area contributed by atoms with Crippen LogP contribution in [0.15, 0.2) is 12.4 Å². The van der Waals surface area contributed by atoms with E-state index in [9.17, 15) is 4.79 Å². The van der Waals surface area contributed by atoms with Gasteiger partial charge in [0.05, 0.1) is 12.8 Å². The molecule has 0 saturated carbocycles. The number of rotatable bonds is 6. The highest BCUT2D eigenvalue weighted by Crippen LogP contribution is 2.36. The second-order valence-electron chi connectivity index (χ2n) is 7.72. The van der Waals surface area contributed by atoms with Gasteiger partial charge in [-0.05, 0) is 38.3 Å². The molecule has 0 spiro atoms. The van der Waals surface area contributed by atoms with Crippen molar-refractivity contribution >= 4 is 6.03 Å². The second-order valence-corrected chi connectivity index (χ2v) is 7.72. The number of urea groups is 1. The van der Waals surface area contributed by atoms with E-state index >= 15 is 0 Å². The molecular weight excluding hydrogens is 330 g/mol. The SMILES string of the molecule is CCN1CCC[C@@H](CN(C)C(=O)NC[C@@H]2CCOC2)[C@@H]1c1cnn(C)c1. The monoisotopic (exact) mass is 363 g/mol. The molecule has 1 aromatic rings. The molecule has 1 N–H and O–H groups in total. The van der Waals surface area contributed by atoms with Crippen molar-refractivity contribution in [2.24, 2.45) is 18.9 Å². The lowest BCUT2D eigenvalue weighted by Gasteiger charge is -2.42. The summed E-state index contributed by atoms with van der Waals surface area (Å²) in [5.41, 5.74) is 1.26. The van der Waals surface area contributed by atoms with Crippen LogP contribution in [0.4, 0.5) is 4.79 Å². The zero-order chi connectivity index (χ0) is 18.5. The first-order valence-corrected chi connectivity index (χ1v) is 9.87. The number of ether oxygens (including phenoxy) is 1. The molecule has 0 aliphatic carbocycles. The lowest BCUT2D eigenvalue weighted by atomic mass is 9.85. The van der Waals surface area contributed by atoms with E-state index in [1.807, 2.05) is 29.9 Å². The Morgan fingerprint density at radius 1 is 1.46 bits per heavy atom. The summed E-state index contributed by atoms with van der Waals surface area (Å²) in [6.45, 7) is 7.41. The first kappa shape index (κ1) is 19.2. The van der Waals surface area contributed by atoms with E-state index in [0.717, 1.165) is 45.7 Å². The van der Waals surface area contributed by atoms with E-state index in [4.69, 9.17) is 4.74 Å². The van der Waals surface area contributed by atoms with Crippen LogP contribution in [0.5, 0.6) is 0 Å². The molecule has 0 aromatic carbocycles. The van der Waals surface area contributed by atoms with Crippen molar-refractivity contribution in [3.05, 3.63) is 18.0 Å². The summed E-state index contributed by atoms with van der Waals surface area (Å²) in [5, 5.41) is 7.44. The Kier molecular flexibility index (Phi) is 6.53. The number of amides is 2. The van der Waals surface area contributed by atoms with Crippen molar-refractivity contribution in [3.8, 4) is 0 Å². The fraction of sp³-hybridized carbons (Fsp3) is 0.789. The number of aryl methyl sites for hydroxylation is 1. The molecule has 0 unspecified atom stereocenters. The molecule has 2 aliphatic rings. The molecule has 2 amide bonds. The summed E-state index contributed by atoms with van der Waals surface area (Å²) in [5.74, 6) is 0.888. The van der Waals surface area contributed by atoms with Crippen LogP contribution in [0.3, 0.4) is 0 Å². The largest absolute Gasteiger partial charge is 0.381 e. The lowest BCUT2D eigenvalue weighted by molar-refractivity contribution is 0.0812. The fourth-order valence-electron chi connectivity index (χ4n) is 4.32. The minimum Gasteiger partial charge on any atom is -0.381 e. The predicted octanol–water partition coefficient (Wildman–Crippen LogP) is 1.87. The van der Waals surface area contributed by atoms with E-state index in [2.05, 4.69) is 28.4 Å². The maximum Gasteiger partial charge on any atom is 0.317 e. The number of aromatic nitrogens is 2. The number of carbonyl (C=O) groups is 1. The Labute approximate surface area is 156 Å². The Morgan fingerprint density at radius 3 is 2.96 bits per heavy atom. The van der Waals surface area contributed by atoms with E-state index in [1.165, 1.54) is 12.0 Å². The van der Waals surface area contributed by atoms with Gasteiger partial charge in [-0.15, -0.1) is 0 Å². The normalized spacial score (nSPS) is 26.8. The summed E-state index contributed by atoms with van der Waals surface area (Å²) in [7, 11) is 3.87. The fourth-order valence-corrected chi connectivity index (χ4v) is 4.32. The third-order valence-electron chi connectivity index (χ3n) is 5.75. The molecule has 26 heavy (non-hydrogen) atoms. The molecule has 2 fully saturated rings. The number of hydrogen-bond donors (Lipinski definition) is 1. The minimum absolute atomic E-state index is 0.0236. The van der Waals surface area contributed by atoms with Crippen molar-refractivity contribution in [2.75, 3.05) is 46.4 Å². The smallest absolute Gasteiger partial charge is 0.317 e. The molecule has 2 saturated heterocycles. The highest BCUT2D eigenvalue weighted by Gasteiger charge is 2.34. The lowest BCUT2D eigenvalue weighted by Crippen LogP contribution is -2.46. The van der Waals surface area contributed by atoms with Crippen LogP contribution in [-0.4, -0.2) is 72.1 Å². The van der Waals surface area contributed by atoms with E-state index in [0.29, 0.717) is 24.4 Å². The van der Waals surface area contributed by atoms with Crippen molar-refractivity contribution in [2.45, 2.75) is 32.2 Å². The van der Waals surface area contributed by atoms with Crippen LogP contribution in [0.1, 0.15) is 37.8 Å². The van der Waals surface area contributed by atoms with Gasteiger partial charge < -0.3 is 15.0 Å². The van der Waals surface area contributed by atoms with Crippen molar-refractivity contribution < 1.29 is 9.53 Å². The van der Waals surface area contributed by atoms with Crippen LogP contribution >= 0.6 is 0 Å². The first-order valence-electron chi connectivity index (χ1n) is 9.87. The molecule has 0 bridgehead atoms. The minimum atomic E-state index is 0.0236. The van der Waals surface area contributed by atoms with Crippen LogP contribution in [0.25, 0.3) is 0 Å². The van der Waals surface area contributed by atoms with Crippen molar-refractivity contribution in [1.82, 2.24) is 24.9 Å². The van der Waals surface area contributed by atoms with Crippen LogP contribution in [-0.2, 0) is 11.8 Å². The summed E-state index contributed by atoms with van der Waals surface area (Å²) in [4.78, 5) is 16.9. The third kappa shape index (κ3) is 4.57. The Bertz CT molecular complexity index is 584. The van der Waals surface area contributed by atoms with Gasteiger partial charge >= 0.3 is 6.03 Å². The maximum atomic E-state index is 12.5. The number of nitrogens with one attached hydrogen (secondary N) is 1. The maximum absolute atomic E-state index is 12.5. The van der Waals surface area contributed by atoms with Gasteiger partial charge in [0.1, 0.15) is 0 Å². The molecule has 3 heterocycles. The number of nitrogens with zero attached hydrogens (tertiary/aromatic N) is 4. The van der Waals surface area contributed by atoms with E-state index in [1.54, 1.807) is 0 Å². The van der Waals surface area contributed by atoms with Gasteiger partial charge in [-0.1, -0.05) is 6.92 Å². The van der Waals surface area contributed by atoms with Gasteiger partial charge in [0.25, 0.3) is 0 Å². The molecule has 1 aromatic heterocycles. The number of carbonyl (C=O) groups excluding carboxylic acids is 1. The van der Waals surface area contributed by atoms with Crippen LogP contribution in [0.2, 0.25) is 0 Å². The number of hydrogen-bond acceptors (Lipinski definition) is 4. The van der Waals surface area contributed by atoms with E-state index in [-0.39, 0.29) is 6.03 Å². The molecule has 3 rings (SSSR count). The second kappa shape index (κ2) is 8.86. The first-order chi connectivity index (χ1) is 12.6. The molecular formula is C19H33N5O2. The predicted molar refractivity (Wildman–Crippen MR) is 101 cm³/mol. The molecule has 146 valence electrons. The molecule has 3 atom stereocenters. The zero-order valence-corrected chi connectivity index (χ0v) is 16.4. The Morgan fingerprint density at radius 2 is 2.31 bits per heavy atom. The van der Waals surface area contributed by atoms with Gasteiger partial charge in [-0.3, -0.25) is 9.58 Å². The van der Waals surface area contributed by atoms with E-state index < -0.39 is 0 Å². The Balaban J connectivity index is 1.60. The summed E-state index contributed by atoms with van der Waals surface area (Å²) in [6.07, 6.45) is 7.47. The van der Waals surface area contributed by atoms with Crippen LogP contribution in [0, 0.1) is 11.8 Å². The molecule has 0 radical (unpaired) electrons. The highest BCUT2D eigenvalue weighted by atomic mass is 16.5. The standard InChI is InChI=1S/C19H33N5O2/c1-4-24-8-5-6-16(18(24)17-11-21-23(3)13-17)12-22(2)19(25)20-10-15-7-9-26-14-15/h11,13,15-16,18H,4-10,12,14H2,1-3H3,(H,20,25)/t15-,16-,18+/m0/s1. The highest BCUT2D eigenvalue weighted by molar-refractivity contribution is 5.73. The van der Waals surface area contributed by atoms with Gasteiger partial charge in [-0.2, -0.15) is 5.10 Å². The number of piperidine rings is 1. The quantitative estimate of drug-likeness (QED) is 0.838. The van der Waals surface area contributed by atoms with Gasteiger partial charge in [0, 0.05) is 57.5 Å². The van der Waals surface area contributed by atoms with Crippen molar-refractivity contribution in [3.63, 3.8) is 0 Å². The van der Waals surface area contributed by atoms with Crippen molar-refractivity contribution in [1.29, 1.82) is 0 Å². The van der Waals surface area contributed by atoms with Crippen LogP contribution < -0.4 is 5.32 Å². The summed E-state index contributed by atoms with van der Waals surface area (Å²) < 4.78 is 7.25. The summed E-state index contributed by atoms with van der Waals surface area (Å²) in [6, 6.07) is 0.358. The average molecular weight is 364 g/mol. The van der Waals surface area contributed by atoms with Gasteiger partial charge in [0.15, 0.2) is 0 Å². The zero-order valence-electron chi connectivity index (χ0n) is 16.4. The molecule has 7 heteroatoms. The number of likely N-dealkylation sites (tertiary alicyclic amines) is 1. The third-order valence-corrected chi connectivity index (χ3v) is 5.75.